The van der Waals surface area contributed by atoms with Crippen molar-refractivity contribution in [1.29, 1.82) is 0 Å². The highest BCUT2D eigenvalue weighted by Crippen LogP contribution is 2.51. The molecule has 0 amide bonds. The van der Waals surface area contributed by atoms with Crippen LogP contribution in [0, 0.1) is 0 Å². The van der Waals surface area contributed by atoms with Gasteiger partial charge < -0.3 is 5.11 Å². The second kappa shape index (κ2) is 1.57. The van der Waals surface area contributed by atoms with Crippen molar-refractivity contribution in [2.45, 2.75) is 17.4 Å². The van der Waals surface area contributed by atoms with Gasteiger partial charge in [0.15, 0.2) is 0 Å². The molecule has 1 aliphatic heterocycles. The minimum absolute atomic E-state index is 0.412. The van der Waals surface area contributed by atoms with Crippen LogP contribution in [0.1, 0.15) is 6.92 Å². The van der Waals surface area contributed by atoms with Gasteiger partial charge in [0, 0.05) is 5.25 Å². The molecule has 2 atom stereocenters. The van der Waals surface area contributed by atoms with Crippen molar-refractivity contribution >= 4 is 11.8 Å². The summed E-state index contributed by atoms with van der Waals surface area (Å²) >= 11 is 1.83. The minimum Gasteiger partial charge on any atom is -0.511 e. The molecule has 2 rings (SSSR count). The zero-order valence-corrected chi connectivity index (χ0v) is 5.98. The third kappa shape index (κ3) is 0.697. The third-order valence-corrected chi connectivity index (χ3v) is 3.18. The van der Waals surface area contributed by atoms with Crippen LogP contribution in [-0.4, -0.2) is 15.6 Å². The smallest absolute Gasteiger partial charge is 0.107 e. The van der Waals surface area contributed by atoms with Crippen LogP contribution in [0.4, 0.5) is 0 Å². The lowest BCUT2D eigenvalue weighted by molar-refractivity contribution is 0.400. The molecule has 1 nitrogen and oxygen atoms in total. The number of hydrogen-bond donors (Lipinski definition) is 1. The summed E-state index contributed by atoms with van der Waals surface area (Å²) in [7, 11) is 0. The Morgan fingerprint density at radius 3 is 2.89 bits per heavy atom. The number of thioether (sulfide) groups is 1. The first kappa shape index (κ1) is 5.42. The maximum Gasteiger partial charge on any atom is 0.107 e. The van der Waals surface area contributed by atoms with Gasteiger partial charge in [-0.3, -0.25) is 0 Å². The second-order valence-corrected chi connectivity index (χ2v) is 3.77. The van der Waals surface area contributed by atoms with Gasteiger partial charge in [-0.1, -0.05) is 11.6 Å². The summed E-state index contributed by atoms with van der Waals surface area (Å²) in [5, 5.41) is 10.2. The Kier molecular flexibility index (Phi) is 0.943. The standard InChI is InChI=1S/C7H8OS/c1-4-2-3-5(8)7-6(4)9-7/h2-3,6-8H,1H3. The lowest BCUT2D eigenvalue weighted by Crippen LogP contribution is -2.02. The Morgan fingerprint density at radius 2 is 2.22 bits per heavy atom. The summed E-state index contributed by atoms with van der Waals surface area (Å²) in [6.45, 7) is 2.11. The molecule has 1 heterocycles. The number of fused-ring (bicyclic) bond motifs is 1. The van der Waals surface area contributed by atoms with E-state index in [1.807, 2.05) is 17.8 Å². The average molecular weight is 140 g/mol. The van der Waals surface area contributed by atoms with Gasteiger partial charge in [-0.2, -0.15) is 0 Å². The van der Waals surface area contributed by atoms with E-state index in [9.17, 15) is 0 Å². The summed E-state index contributed by atoms with van der Waals surface area (Å²) < 4.78 is 0. The van der Waals surface area contributed by atoms with E-state index >= 15 is 0 Å². The van der Waals surface area contributed by atoms with Gasteiger partial charge in [-0.05, 0) is 13.0 Å². The predicted octanol–water partition coefficient (Wildman–Crippen LogP) is 1.87. The molecule has 0 aromatic carbocycles. The third-order valence-electron chi connectivity index (χ3n) is 1.75. The topological polar surface area (TPSA) is 20.2 Å². The molecule has 0 saturated carbocycles. The van der Waals surface area contributed by atoms with E-state index in [1.54, 1.807) is 6.08 Å². The second-order valence-electron chi connectivity index (χ2n) is 2.48. The fourth-order valence-electron chi connectivity index (χ4n) is 1.09. The first-order valence-corrected chi connectivity index (χ1v) is 3.96. The predicted molar refractivity (Wildman–Crippen MR) is 39.6 cm³/mol. The number of aliphatic hydroxyl groups is 1. The molecule has 2 unspecified atom stereocenters. The Morgan fingerprint density at radius 1 is 1.44 bits per heavy atom. The number of aliphatic hydroxyl groups excluding tert-OH is 1. The lowest BCUT2D eigenvalue weighted by Gasteiger charge is -2.01. The van der Waals surface area contributed by atoms with Crippen LogP contribution in [0.25, 0.3) is 0 Å². The van der Waals surface area contributed by atoms with Crippen LogP contribution in [0.15, 0.2) is 23.5 Å². The zero-order chi connectivity index (χ0) is 6.43. The van der Waals surface area contributed by atoms with Gasteiger partial charge >= 0.3 is 0 Å². The van der Waals surface area contributed by atoms with E-state index in [4.69, 9.17) is 5.11 Å². The Labute approximate surface area is 58.5 Å². The van der Waals surface area contributed by atoms with Crippen LogP contribution < -0.4 is 0 Å². The molecule has 0 spiro atoms. The summed E-state index contributed by atoms with van der Waals surface area (Å²) in [4.78, 5) is 0. The molecule has 2 heteroatoms. The summed E-state index contributed by atoms with van der Waals surface area (Å²) in [5.74, 6) is 0.551. The van der Waals surface area contributed by atoms with Crippen molar-refractivity contribution in [2.75, 3.05) is 0 Å². The summed E-state index contributed by atoms with van der Waals surface area (Å²) in [6.07, 6.45) is 3.80. The number of rotatable bonds is 0. The lowest BCUT2D eigenvalue weighted by atomic mass is 10.1. The molecular weight excluding hydrogens is 132 g/mol. The highest BCUT2D eigenvalue weighted by atomic mass is 32.2. The molecular formula is C7H8OS. The number of allylic oxidation sites excluding steroid dienone is 2. The zero-order valence-electron chi connectivity index (χ0n) is 5.16. The van der Waals surface area contributed by atoms with Gasteiger partial charge in [0.05, 0.1) is 5.25 Å². The van der Waals surface area contributed by atoms with Crippen LogP contribution in [-0.2, 0) is 0 Å². The van der Waals surface area contributed by atoms with Crippen LogP contribution in [0.5, 0.6) is 0 Å². The van der Waals surface area contributed by atoms with E-state index < -0.39 is 0 Å². The van der Waals surface area contributed by atoms with E-state index in [0.29, 0.717) is 16.3 Å². The molecule has 1 saturated heterocycles. The van der Waals surface area contributed by atoms with Gasteiger partial charge in [0.1, 0.15) is 5.76 Å². The highest BCUT2D eigenvalue weighted by Gasteiger charge is 2.43. The Balaban J connectivity index is 2.33. The summed E-state index contributed by atoms with van der Waals surface area (Å²) in [5.41, 5.74) is 1.39. The SMILES string of the molecule is CC1=CC=C(O)C2SC12. The van der Waals surface area contributed by atoms with Gasteiger partial charge in [-0.15, -0.1) is 11.8 Å². The van der Waals surface area contributed by atoms with Crippen LogP contribution in [0.2, 0.25) is 0 Å². The molecule has 1 aliphatic carbocycles. The first-order valence-electron chi connectivity index (χ1n) is 3.02. The average Bonchev–Trinajstić information content (AvgIpc) is 2.57. The van der Waals surface area contributed by atoms with Crippen molar-refractivity contribution in [1.82, 2.24) is 0 Å². The largest absolute Gasteiger partial charge is 0.511 e. The van der Waals surface area contributed by atoms with Crippen LogP contribution in [0.3, 0.4) is 0 Å². The molecule has 0 aromatic rings. The van der Waals surface area contributed by atoms with Crippen molar-refractivity contribution in [2.24, 2.45) is 0 Å². The Hall–Kier alpha value is -0.370. The maximum atomic E-state index is 9.13. The van der Waals surface area contributed by atoms with E-state index in [-0.39, 0.29) is 0 Å². The number of hydrogen-bond acceptors (Lipinski definition) is 2. The fraction of sp³-hybridized carbons (Fsp3) is 0.429. The van der Waals surface area contributed by atoms with Crippen molar-refractivity contribution < 1.29 is 5.11 Å². The molecule has 0 bridgehead atoms. The molecule has 9 heavy (non-hydrogen) atoms. The van der Waals surface area contributed by atoms with Gasteiger partial charge in [-0.25, -0.2) is 0 Å². The van der Waals surface area contributed by atoms with Crippen molar-refractivity contribution in [3.8, 4) is 0 Å². The van der Waals surface area contributed by atoms with Crippen LogP contribution >= 0.6 is 11.8 Å². The summed E-state index contributed by atoms with van der Waals surface area (Å²) in [6, 6.07) is 0. The van der Waals surface area contributed by atoms with Gasteiger partial charge in [0.2, 0.25) is 0 Å². The minimum atomic E-state index is 0.412. The first-order chi connectivity index (χ1) is 4.29. The van der Waals surface area contributed by atoms with E-state index in [0.717, 1.165) is 0 Å². The monoisotopic (exact) mass is 140 g/mol. The molecule has 1 N–H and O–H groups in total. The van der Waals surface area contributed by atoms with E-state index in [2.05, 4.69) is 6.92 Å². The Bertz CT molecular complexity index is 183. The molecule has 1 fully saturated rings. The molecule has 2 aliphatic rings. The van der Waals surface area contributed by atoms with Crippen molar-refractivity contribution in [3.63, 3.8) is 0 Å². The van der Waals surface area contributed by atoms with E-state index in [1.165, 1.54) is 5.57 Å². The molecule has 0 radical (unpaired) electrons. The molecule has 0 aromatic heterocycles. The molecule has 48 valence electrons. The highest BCUT2D eigenvalue weighted by molar-refractivity contribution is 8.08. The van der Waals surface area contributed by atoms with Crippen molar-refractivity contribution in [3.05, 3.63) is 23.5 Å². The van der Waals surface area contributed by atoms with Gasteiger partial charge in [0.25, 0.3) is 0 Å². The maximum absolute atomic E-state index is 9.13. The fourth-order valence-corrected chi connectivity index (χ4v) is 2.18. The normalized spacial score (nSPS) is 38.8. The quantitative estimate of drug-likeness (QED) is 0.518.